The molecule has 0 spiro atoms. The predicted octanol–water partition coefficient (Wildman–Crippen LogP) is 5.83. The minimum absolute atomic E-state index is 0.0325. The van der Waals surface area contributed by atoms with E-state index in [9.17, 15) is 10.1 Å². The Morgan fingerprint density at radius 1 is 0.893 bits per heavy atom. The van der Waals surface area contributed by atoms with Crippen molar-refractivity contribution in [3.63, 3.8) is 0 Å². The maximum Gasteiger partial charge on any atom is 0.267 e. The van der Waals surface area contributed by atoms with Gasteiger partial charge in [-0.15, -0.1) is 0 Å². The average molecular weight is 376 g/mol. The summed E-state index contributed by atoms with van der Waals surface area (Å²) in [5.74, 6) is -0.420. The second kappa shape index (κ2) is 11.6. The van der Waals surface area contributed by atoms with E-state index in [-0.39, 0.29) is 5.57 Å². The summed E-state index contributed by atoms with van der Waals surface area (Å²) in [6.45, 7) is 4.34. The molecule has 2 rings (SSSR count). The highest BCUT2D eigenvalue weighted by Crippen LogP contribution is 2.14. The summed E-state index contributed by atoms with van der Waals surface area (Å²) in [4.78, 5) is 12.4. The first-order chi connectivity index (χ1) is 13.7. The molecule has 0 aliphatic carbocycles. The normalized spacial score (nSPS) is 11.0. The summed E-state index contributed by atoms with van der Waals surface area (Å²) in [5.41, 5.74) is 4.11. The number of hydrogen-bond donors (Lipinski definition) is 2. The van der Waals surface area contributed by atoms with Crippen LogP contribution in [0.2, 0.25) is 0 Å². The lowest BCUT2D eigenvalue weighted by Crippen LogP contribution is -2.14. The van der Waals surface area contributed by atoms with E-state index in [0.717, 1.165) is 31.4 Å². The van der Waals surface area contributed by atoms with Crippen molar-refractivity contribution in [1.29, 1.82) is 5.26 Å². The van der Waals surface area contributed by atoms with E-state index in [2.05, 4.69) is 36.6 Å². The van der Waals surface area contributed by atoms with Crippen LogP contribution in [0.15, 0.2) is 60.3 Å². The molecule has 28 heavy (non-hydrogen) atoms. The van der Waals surface area contributed by atoms with Gasteiger partial charge < -0.3 is 10.6 Å². The summed E-state index contributed by atoms with van der Waals surface area (Å²) < 4.78 is 0. The van der Waals surface area contributed by atoms with Crippen LogP contribution in [0.5, 0.6) is 0 Å². The first-order valence-electron chi connectivity index (χ1n) is 10.0. The van der Waals surface area contributed by atoms with Crippen LogP contribution < -0.4 is 10.6 Å². The first-order valence-corrected chi connectivity index (χ1v) is 10.0. The Morgan fingerprint density at radius 2 is 1.39 bits per heavy atom. The molecule has 0 bridgehead atoms. The predicted molar refractivity (Wildman–Crippen MR) is 116 cm³/mol. The third-order valence-corrected chi connectivity index (χ3v) is 4.55. The number of anilines is 2. The lowest BCUT2D eigenvalue weighted by molar-refractivity contribution is -0.112. The summed E-state index contributed by atoms with van der Waals surface area (Å²) in [6, 6.07) is 17.8. The van der Waals surface area contributed by atoms with Crippen molar-refractivity contribution >= 4 is 17.3 Å². The van der Waals surface area contributed by atoms with Crippen LogP contribution in [0.25, 0.3) is 0 Å². The van der Waals surface area contributed by atoms with Gasteiger partial charge >= 0.3 is 0 Å². The van der Waals surface area contributed by atoms with Gasteiger partial charge in [-0.25, -0.2) is 0 Å². The third kappa shape index (κ3) is 6.92. The molecule has 4 heteroatoms. The van der Waals surface area contributed by atoms with Gasteiger partial charge in [0.05, 0.1) is 0 Å². The quantitative estimate of drug-likeness (QED) is 0.405. The Kier molecular flexibility index (Phi) is 8.81. The van der Waals surface area contributed by atoms with E-state index in [1.807, 2.05) is 42.5 Å². The van der Waals surface area contributed by atoms with Crippen molar-refractivity contribution in [3.05, 3.63) is 71.4 Å². The van der Waals surface area contributed by atoms with E-state index in [1.54, 1.807) is 0 Å². The van der Waals surface area contributed by atoms with Crippen LogP contribution in [0.1, 0.15) is 50.7 Å². The number of nitrogens with one attached hydrogen (secondary N) is 2. The molecule has 146 valence electrons. The van der Waals surface area contributed by atoms with Crippen LogP contribution in [0, 0.1) is 11.3 Å². The van der Waals surface area contributed by atoms with Gasteiger partial charge in [-0.1, -0.05) is 51.0 Å². The maximum atomic E-state index is 12.4. The van der Waals surface area contributed by atoms with E-state index < -0.39 is 5.91 Å². The van der Waals surface area contributed by atoms with Crippen LogP contribution >= 0.6 is 0 Å². The van der Waals surface area contributed by atoms with Crippen LogP contribution in [0.3, 0.4) is 0 Å². The molecule has 2 N–H and O–H groups in total. The SMILES string of the molecule is CCCCc1ccc(N/C=C(/C#N)C(=O)Nc2ccc(CCCC)cc2)cc1. The number of amides is 1. The molecule has 4 nitrogen and oxygen atoms in total. The molecule has 2 aromatic rings. The van der Waals surface area contributed by atoms with Crippen molar-refractivity contribution in [2.24, 2.45) is 0 Å². The second-order valence-corrected chi connectivity index (χ2v) is 6.87. The first kappa shape index (κ1) is 21.2. The maximum absolute atomic E-state index is 12.4. The van der Waals surface area contributed by atoms with Gasteiger partial charge in [0.1, 0.15) is 11.6 Å². The molecule has 0 radical (unpaired) electrons. The number of benzene rings is 2. The largest absolute Gasteiger partial charge is 0.360 e. The minimum Gasteiger partial charge on any atom is -0.360 e. The molecule has 0 aromatic heterocycles. The standard InChI is InChI=1S/C24H29N3O/c1-3-5-7-19-9-13-22(14-10-19)26-18-21(17-25)24(28)27-23-15-11-20(12-16-23)8-6-4-2/h9-16,18,26H,3-8H2,1-2H3,(H,27,28)/b21-18-. The van der Waals surface area contributed by atoms with Crippen LogP contribution in [-0.2, 0) is 17.6 Å². The lowest BCUT2D eigenvalue weighted by atomic mass is 10.1. The van der Waals surface area contributed by atoms with Crippen LogP contribution in [-0.4, -0.2) is 5.91 Å². The number of unbranched alkanes of at least 4 members (excludes halogenated alkanes) is 2. The van der Waals surface area contributed by atoms with Crippen molar-refractivity contribution in [2.75, 3.05) is 10.6 Å². The Hall–Kier alpha value is -3.06. The van der Waals surface area contributed by atoms with Crippen molar-refractivity contribution in [2.45, 2.75) is 52.4 Å². The zero-order valence-corrected chi connectivity index (χ0v) is 16.8. The fraction of sp³-hybridized carbons (Fsp3) is 0.333. The summed E-state index contributed by atoms with van der Waals surface area (Å²) in [5, 5.41) is 15.1. The Labute approximate surface area is 168 Å². The minimum atomic E-state index is -0.420. The lowest BCUT2D eigenvalue weighted by Gasteiger charge is -2.07. The van der Waals surface area contributed by atoms with Gasteiger partial charge in [-0.3, -0.25) is 4.79 Å². The van der Waals surface area contributed by atoms with Gasteiger partial charge in [0, 0.05) is 17.6 Å². The zero-order chi connectivity index (χ0) is 20.2. The van der Waals surface area contributed by atoms with E-state index >= 15 is 0 Å². The van der Waals surface area contributed by atoms with Gasteiger partial charge in [-0.2, -0.15) is 5.26 Å². The Balaban J connectivity index is 1.94. The molecule has 0 atom stereocenters. The Morgan fingerprint density at radius 3 is 1.86 bits per heavy atom. The number of carbonyl (C=O) groups excluding carboxylic acids is 1. The fourth-order valence-electron chi connectivity index (χ4n) is 2.79. The van der Waals surface area contributed by atoms with Crippen molar-refractivity contribution in [3.8, 4) is 6.07 Å². The molecule has 0 saturated heterocycles. The van der Waals surface area contributed by atoms with Crippen LogP contribution in [0.4, 0.5) is 11.4 Å². The molecule has 1 amide bonds. The Bertz CT molecular complexity index is 814. The topological polar surface area (TPSA) is 64.9 Å². The average Bonchev–Trinajstić information content (AvgIpc) is 2.73. The van der Waals surface area contributed by atoms with Gasteiger partial charge in [0.25, 0.3) is 5.91 Å². The number of hydrogen-bond acceptors (Lipinski definition) is 3. The molecule has 2 aromatic carbocycles. The molecule has 0 heterocycles. The number of aryl methyl sites for hydroxylation is 2. The number of carbonyl (C=O) groups is 1. The van der Waals surface area contributed by atoms with Gasteiger partial charge in [-0.05, 0) is 61.1 Å². The van der Waals surface area contributed by atoms with Crippen molar-refractivity contribution in [1.82, 2.24) is 0 Å². The summed E-state index contributed by atoms with van der Waals surface area (Å²) >= 11 is 0. The molecular weight excluding hydrogens is 346 g/mol. The highest BCUT2D eigenvalue weighted by Gasteiger charge is 2.09. The zero-order valence-electron chi connectivity index (χ0n) is 16.8. The molecule has 0 saturated carbocycles. The molecule has 0 fully saturated rings. The van der Waals surface area contributed by atoms with Gasteiger partial charge in [0.15, 0.2) is 0 Å². The third-order valence-electron chi connectivity index (χ3n) is 4.55. The monoisotopic (exact) mass is 375 g/mol. The summed E-state index contributed by atoms with van der Waals surface area (Å²) in [7, 11) is 0. The summed E-state index contributed by atoms with van der Waals surface area (Å²) in [6.07, 6.45) is 8.20. The number of nitriles is 1. The second-order valence-electron chi connectivity index (χ2n) is 6.87. The fourth-order valence-corrected chi connectivity index (χ4v) is 2.79. The smallest absolute Gasteiger partial charge is 0.267 e. The number of rotatable bonds is 10. The van der Waals surface area contributed by atoms with E-state index in [0.29, 0.717) is 5.69 Å². The molecular formula is C24H29N3O. The highest BCUT2D eigenvalue weighted by molar-refractivity contribution is 6.06. The number of nitrogens with zero attached hydrogens (tertiary/aromatic N) is 1. The molecule has 0 aliphatic rings. The highest BCUT2D eigenvalue weighted by atomic mass is 16.1. The van der Waals surface area contributed by atoms with E-state index in [4.69, 9.17) is 0 Å². The van der Waals surface area contributed by atoms with Crippen molar-refractivity contribution < 1.29 is 4.79 Å². The molecule has 0 aliphatic heterocycles. The molecule has 0 unspecified atom stereocenters. The van der Waals surface area contributed by atoms with E-state index in [1.165, 1.54) is 30.2 Å². The van der Waals surface area contributed by atoms with Gasteiger partial charge in [0.2, 0.25) is 0 Å².